The Hall–Kier alpha value is -1.88. The zero-order valence-electron chi connectivity index (χ0n) is 14.1. The van der Waals surface area contributed by atoms with Crippen molar-refractivity contribution in [1.29, 1.82) is 0 Å². The van der Waals surface area contributed by atoms with Crippen molar-refractivity contribution in [2.45, 2.75) is 57.2 Å². The first-order chi connectivity index (χ1) is 11.8. The number of amides is 1. The monoisotopic (exact) mass is 327 g/mol. The molecule has 1 saturated heterocycles. The van der Waals surface area contributed by atoms with Crippen molar-refractivity contribution in [3.05, 3.63) is 30.6 Å². The fourth-order valence-electron chi connectivity index (χ4n) is 4.05. The molecular formula is C19H25N3O2. The molecule has 1 unspecified atom stereocenters. The molecule has 1 aromatic heterocycles. The Balaban J connectivity index is 1.51. The van der Waals surface area contributed by atoms with E-state index in [1.807, 2.05) is 28.8 Å². The first-order valence-electron chi connectivity index (χ1n) is 9.12. The van der Waals surface area contributed by atoms with Gasteiger partial charge in [-0.05, 0) is 37.8 Å². The number of imidazole rings is 1. The highest BCUT2D eigenvalue weighted by atomic mass is 16.5. The van der Waals surface area contributed by atoms with Gasteiger partial charge < -0.3 is 14.2 Å². The molecule has 0 radical (unpaired) electrons. The lowest BCUT2D eigenvalue weighted by molar-refractivity contribution is -0.135. The minimum atomic E-state index is 0.195. The van der Waals surface area contributed by atoms with Crippen LogP contribution in [0.5, 0.6) is 0 Å². The minimum Gasteiger partial charge on any atom is -0.376 e. The highest BCUT2D eigenvalue weighted by molar-refractivity contribution is 5.80. The van der Waals surface area contributed by atoms with Gasteiger partial charge in [-0.1, -0.05) is 25.0 Å². The summed E-state index contributed by atoms with van der Waals surface area (Å²) in [5.74, 6) is 0.195. The summed E-state index contributed by atoms with van der Waals surface area (Å²) in [7, 11) is 0. The lowest BCUT2D eigenvalue weighted by Gasteiger charge is -2.31. The first kappa shape index (κ1) is 15.6. The lowest BCUT2D eigenvalue weighted by atomic mass is 10.1. The summed E-state index contributed by atoms with van der Waals surface area (Å²) in [5, 5.41) is 0. The maximum atomic E-state index is 13.1. The number of carbonyl (C=O) groups is 1. The molecule has 128 valence electrons. The van der Waals surface area contributed by atoms with Gasteiger partial charge in [-0.25, -0.2) is 4.98 Å². The average molecular weight is 327 g/mol. The standard InChI is InChI=1S/C19H25N3O2/c23-19(13-21-14-20-17-9-3-4-10-18(17)21)22(15-6-1-2-7-15)12-16-8-5-11-24-16/h3-4,9-10,14-16H,1-2,5-8,11-13H2. The SMILES string of the molecule is O=C(Cn1cnc2ccccc21)N(CC1CCCO1)C1CCCC1. The molecular weight excluding hydrogens is 302 g/mol. The summed E-state index contributed by atoms with van der Waals surface area (Å²) in [6, 6.07) is 8.36. The van der Waals surface area contributed by atoms with E-state index in [9.17, 15) is 4.79 Å². The van der Waals surface area contributed by atoms with Crippen molar-refractivity contribution in [3.8, 4) is 0 Å². The number of hydrogen-bond donors (Lipinski definition) is 0. The van der Waals surface area contributed by atoms with Gasteiger partial charge in [0.15, 0.2) is 0 Å². The molecule has 4 rings (SSSR count). The number of nitrogens with zero attached hydrogens (tertiary/aromatic N) is 3. The number of benzene rings is 1. The number of hydrogen-bond acceptors (Lipinski definition) is 3. The van der Waals surface area contributed by atoms with Gasteiger partial charge in [0.25, 0.3) is 0 Å². The molecule has 5 heteroatoms. The van der Waals surface area contributed by atoms with E-state index in [0.717, 1.165) is 49.9 Å². The van der Waals surface area contributed by atoms with E-state index in [1.54, 1.807) is 6.33 Å². The van der Waals surface area contributed by atoms with Crippen LogP contribution in [0.25, 0.3) is 11.0 Å². The number of carbonyl (C=O) groups excluding carboxylic acids is 1. The van der Waals surface area contributed by atoms with Crippen LogP contribution in [0.4, 0.5) is 0 Å². The van der Waals surface area contributed by atoms with Crippen LogP contribution < -0.4 is 0 Å². The third-order valence-electron chi connectivity index (χ3n) is 5.34. The minimum absolute atomic E-state index is 0.195. The molecule has 0 N–H and O–H groups in total. The van der Waals surface area contributed by atoms with Crippen molar-refractivity contribution in [3.63, 3.8) is 0 Å². The quantitative estimate of drug-likeness (QED) is 0.848. The predicted molar refractivity (Wildman–Crippen MR) is 92.7 cm³/mol. The first-order valence-corrected chi connectivity index (χ1v) is 9.12. The van der Waals surface area contributed by atoms with Crippen LogP contribution in [-0.4, -0.2) is 45.7 Å². The Morgan fingerprint density at radius 3 is 2.83 bits per heavy atom. The smallest absolute Gasteiger partial charge is 0.242 e. The van der Waals surface area contributed by atoms with Crippen LogP contribution in [0.1, 0.15) is 38.5 Å². The van der Waals surface area contributed by atoms with E-state index in [-0.39, 0.29) is 12.0 Å². The second-order valence-electron chi connectivity index (χ2n) is 6.98. The van der Waals surface area contributed by atoms with Crippen molar-refractivity contribution in [1.82, 2.24) is 14.5 Å². The second kappa shape index (κ2) is 6.93. The van der Waals surface area contributed by atoms with E-state index >= 15 is 0 Å². The largest absolute Gasteiger partial charge is 0.376 e. The van der Waals surface area contributed by atoms with Crippen molar-refractivity contribution in [2.24, 2.45) is 0 Å². The van der Waals surface area contributed by atoms with Gasteiger partial charge in [0.2, 0.25) is 5.91 Å². The average Bonchev–Trinajstić information content (AvgIpc) is 3.35. The molecule has 2 fully saturated rings. The Kier molecular flexibility index (Phi) is 4.52. The van der Waals surface area contributed by atoms with Crippen molar-refractivity contribution >= 4 is 16.9 Å². The van der Waals surface area contributed by atoms with E-state index in [0.29, 0.717) is 12.6 Å². The zero-order chi connectivity index (χ0) is 16.4. The van der Waals surface area contributed by atoms with Gasteiger partial charge in [-0.2, -0.15) is 0 Å². The predicted octanol–water partition coefficient (Wildman–Crippen LogP) is 2.99. The fourth-order valence-corrected chi connectivity index (χ4v) is 4.05. The Morgan fingerprint density at radius 2 is 2.04 bits per heavy atom. The molecule has 1 atom stereocenters. The molecule has 1 aliphatic heterocycles. The molecule has 2 aliphatic rings. The summed E-state index contributed by atoms with van der Waals surface area (Å²) in [6.45, 7) is 1.95. The van der Waals surface area contributed by atoms with Gasteiger partial charge in [0.1, 0.15) is 6.54 Å². The van der Waals surface area contributed by atoms with Crippen LogP contribution in [0.2, 0.25) is 0 Å². The van der Waals surface area contributed by atoms with E-state index < -0.39 is 0 Å². The molecule has 0 spiro atoms. The van der Waals surface area contributed by atoms with Gasteiger partial charge in [-0.3, -0.25) is 4.79 Å². The highest BCUT2D eigenvalue weighted by Gasteiger charge is 2.30. The molecule has 1 amide bonds. The summed E-state index contributed by atoms with van der Waals surface area (Å²) < 4.78 is 7.75. The Labute approximate surface area is 142 Å². The van der Waals surface area contributed by atoms with E-state index in [2.05, 4.69) is 9.88 Å². The maximum Gasteiger partial charge on any atom is 0.242 e. The summed E-state index contributed by atoms with van der Waals surface area (Å²) >= 11 is 0. The van der Waals surface area contributed by atoms with E-state index in [4.69, 9.17) is 4.74 Å². The van der Waals surface area contributed by atoms with Crippen LogP contribution in [0.15, 0.2) is 30.6 Å². The maximum absolute atomic E-state index is 13.1. The number of para-hydroxylation sites is 2. The van der Waals surface area contributed by atoms with Gasteiger partial charge in [-0.15, -0.1) is 0 Å². The second-order valence-corrected chi connectivity index (χ2v) is 6.98. The third-order valence-corrected chi connectivity index (χ3v) is 5.34. The Morgan fingerprint density at radius 1 is 1.21 bits per heavy atom. The van der Waals surface area contributed by atoms with Crippen LogP contribution >= 0.6 is 0 Å². The van der Waals surface area contributed by atoms with Crippen LogP contribution in [0, 0.1) is 0 Å². The molecule has 1 saturated carbocycles. The Bertz CT molecular complexity index is 699. The molecule has 2 aromatic rings. The van der Waals surface area contributed by atoms with Crippen molar-refractivity contribution in [2.75, 3.05) is 13.2 Å². The van der Waals surface area contributed by atoms with Gasteiger partial charge in [0, 0.05) is 19.2 Å². The zero-order valence-corrected chi connectivity index (χ0v) is 14.1. The summed E-state index contributed by atoms with van der Waals surface area (Å²) in [5.41, 5.74) is 1.96. The number of ether oxygens (including phenoxy) is 1. The van der Waals surface area contributed by atoms with E-state index in [1.165, 1.54) is 12.8 Å². The lowest BCUT2D eigenvalue weighted by Crippen LogP contribution is -2.44. The molecule has 24 heavy (non-hydrogen) atoms. The van der Waals surface area contributed by atoms with Crippen LogP contribution in [0.3, 0.4) is 0 Å². The fraction of sp³-hybridized carbons (Fsp3) is 0.579. The topological polar surface area (TPSA) is 47.4 Å². The normalized spacial score (nSPS) is 21.6. The highest BCUT2D eigenvalue weighted by Crippen LogP contribution is 2.26. The van der Waals surface area contributed by atoms with Crippen molar-refractivity contribution < 1.29 is 9.53 Å². The molecule has 5 nitrogen and oxygen atoms in total. The molecule has 1 aromatic carbocycles. The summed E-state index contributed by atoms with van der Waals surface area (Å²) in [4.78, 5) is 19.5. The number of aromatic nitrogens is 2. The van der Waals surface area contributed by atoms with Gasteiger partial charge in [0.05, 0.1) is 23.5 Å². The molecule has 1 aliphatic carbocycles. The van der Waals surface area contributed by atoms with Gasteiger partial charge >= 0.3 is 0 Å². The van der Waals surface area contributed by atoms with Crippen LogP contribution in [-0.2, 0) is 16.1 Å². The number of rotatable bonds is 5. The molecule has 2 heterocycles. The molecule has 0 bridgehead atoms. The number of fused-ring (bicyclic) bond motifs is 1. The summed E-state index contributed by atoms with van der Waals surface area (Å²) in [6.07, 6.45) is 8.90. The third kappa shape index (κ3) is 3.18.